The van der Waals surface area contributed by atoms with Gasteiger partial charge in [-0.25, -0.2) is 9.97 Å². The monoisotopic (exact) mass is 293 g/mol. The van der Waals surface area contributed by atoms with Crippen molar-refractivity contribution in [3.05, 3.63) is 12.4 Å². The molecule has 1 aromatic heterocycles. The van der Waals surface area contributed by atoms with Crippen LogP contribution in [0, 0.1) is 0 Å². The summed E-state index contributed by atoms with van der Waals surface area (Å²) in [5.74, 6) is 1.10. The molecule has 1 spiro atoms. The summed E-state index contributed by atoms with van der Waals surface area (Å²) in [5.41, 5.74) is 0.000208. The summed E-state index contributed by atoms with van der Waals surface area (Å²) in [6.07, 6.45) is 4.66. The van der Waals surface area contributed by atoms with E-state index in [4.69, 9.17) is 14.2 Å². The van der Waals surface area contributed by atoms with Crippen LogP contribution in [0.2, 0.25) is 0 Å². The third-order valence-corrected chi connectivity index (χ3v) is 3.95. The fourth-order valence-electron chi connectivity index (χ4n) is 2.97. The maximum absolute atomic E-state index is 6.02. The lowest BCUT2D eigenvalue weighted by Crippen LogP contribution is -2.41. The number of ether oxygens (including phenoxy) is 3. The predicted molar refractivity (Wildman–Crippen MR) is 77.6 cm³/mol. The molecular formula is C15H23N3O3. The van der Waals surface area contributed by atoms with Gasteiger partial charge in [0.05, 0.1) is 24.4 Å². The van der Waals surface area contributed by atoms with Gasteiger partial charge in [0.15, 0.2) is 0 Å². The molecule has 0 bridgehead atoms. The maximum Gasteiger partial charge on any atom is 0.220 e. The normalized spacial score (nSPS) is 24.4. The van der Waals surface area contributed by atoms with Crippen LogP contribution in [0.15, 0.2) is 12.4 Å². The van der Waals surface area contributed by atoms with Gasteiger partial charge < -0.3 is 19.5 Å². The lowest BCUT2D eigenvalue weighted by Gasteiger charge is -2.32. The third kappa shape index (κ3) is 3.63. The fraction of sp³-hybridized carbons (Fsp3) is 0.733. The van der Waals surface area contributed by atoms with Crippen molar-refractivity contribution in [2.24, 2.45) is 0 Å². The summed E-state index contributed by atoms with van der Waals surface area (Å²) in [5, 5.41) is 3.37. The summed E-state index contributed by atoms with van der Waals surface area (Å²) >= 11 is 0. The van der Waals surface area contributed by atoms with Crippen molar-refractivity contribution >= 4 is 0 Å². The molecule has 3 rings (SSSR count). The van der Waals surface area contributed by atoms with E-state index in [0.717, 1.165) is 32.4 Å². The Morgan fingerprint density at radius 1 is 1.29 bits per heavy atom. The Hall–Kier alpha value is -1.40. The summed E-state index contributed by atoms with van der Waals surface area (Å²) in [6.45, 7) is 6.60. The Morgan fingerprint density at radius 2 is 2.05 bits per heavy atom. The molecule has 2 aliphatic heterocycles. The molecule has 21 heavy (non-hydrogen) atoms. The molecule has 0 aliphatic carbocycles. The minimum Gasteiger partial charge on any atom is -0.475 e. The van der Waals surface area contributed by atoms with E-state index in [-0.39, 0.29) is 17.8 Å². The van der Waals surface area contributed by atoms with Crippen molar-refractivity contribution in [2.45, 2.75) is 50.9 Å². The summed E-state index contributed by atoms with van der Waals surface area (Å²) in [7, 11) is 0. The lowest BCUT2D eigenvalue weighted by molar-refractivity contribution is -0.0206. The molecule has 1 N–H and O–H groups in total. The standard InChI is InChI=1S/C15H23N3O3/c1-11(2)20-13-7-14(18-10-17-13)21-12-8-15(19-9-12)3-5-16-6-4-15/h7,10-12,16H,3-6,8-9H2,1-2H3. The van der Waals surface area contributed by atoms with E-state index in [1.165, 1.54) is 6.33 Å². The Labute approximate surface area is 125 Å². The largest absolute Gasteiger partial charge is 0.475 e. The number of hydrogen-bond donors (Lipinski definition) is 1. The van der Waals surface area contributed by atoms with E-state index in [1.807, 2.05) is 13.8 Å². The highest BCUT2D eigenvalue weighted by Gasteiger charge is 2.42. The highest BCUT2D eigenvalue weighted by molar-refractivity contribution is 5.19. The van der Waals surface area contributed by atoms with Crippen molar-refractivity contribution in [3.63, 3.8) is 0 Å². The van der Waals surface area contributed by atoms with Gasteiger partial charge in [-0.15, -0.1) is 0 Å². The highest BCUT2D eigenvalue weighted by atomic mass is 16.6. The van der Waals surface area contributed by atoms with E-state index in [2.05, 4.69) is 15.3 Å². The predicted octanol–water partition coefficient (Wildman–Crippen LogP) is 1.55. The van der Waals surface area contributed by atoms with E-state index in [9.17, 15) is 0 Å². The Kier molecular flexibility index (Phi) is 4.26. The SMILES string of the molecule is CC(C)Oc1cc(OC2COC3(CCNCC3)C2)ncn1. The van der Waals surface area contributed by atoms with Crippen molar-refractivity contribution in [1.29, 1.82) is 0 Å². The Morgan fingerprint density at radius 3 is 2.81 bits per heavy atom. The molecule has 2 fully saturated rings. The highest BCUT2D eigenvalue weighted by Crippen LogP contribution is 2.35. The van der Waals surface area contributed by atoms with Crippen LogP contribution < -0.4 is 14.8 Å². The molecule has 0 radical (unpaired) electrons. The van der Waals surface area contributed by atoms with Crippen LogP contribution in [0.25, 0.3) is 0 Å². The van der Waals surface area contributed by atoms with Crippen molar-refractivity contribution in [3.8, 4) is 11.8 Å². The first-order chi connectivity index (χ1) is 10.2. The maximum atomic E-state index is 6.02. The Bertz CT molecular complexity index is 475. The molecule has 6 nitrogen and oxygen atoms in total. The first-order valence-corrected chi connectivity index (χ1v) is 7.65. The van der Waals surface area contributed by atoms with Gasteiger partial charge in [0.1, 0.15) is 12.4 Å². The van der Waals surface area contributed by atoms with Gasteiger partial charge >= 0.3 is 0 Å². The molecule has 0 amide bonds. The van der Waals surface area contributed by atoms with Gasteiger partial charge in [-0.1, -0.05) is 0 Å². The van der Waals surface area contributed by atoms with Gasteiger partial charge in [-0.2, -0.15) is 0 Å². The fourth-order valence-corrected chi connectivity index (χ4v) is 2.97. The quantitative estimate of drug-likeness (QED) is 0.908. The first-order valence-electron chi connectivity index (χ1n) is 7.65. The molecule has 1 aromatic rings. The average Bonchev–Trinajstić information content (AvgIpc) is 2.82. The minimum absolute atomic E-state index is 0.000208. The van der Waals surface area contributed by atoms with E-state index in [1.54, 1.807) is 6.07 Å². The zero-order valence-electron chi connectivity index (χ0n) is 12.7. The number of rotatable bonds is 4. The van der Waals surface area contributed by atoms with Gasteiger partial charge in [0.25, 0.3) is 0 Å². The summed E-state index contributed by atoms with van der Waals surface area (Å²) in [4.78, 5) is 8.25. The van der Waals surface area contributed by atoms with Crippen molar-refractivity contribution < 1.29 is 14.2 Å². The Balaban J connectivity index is 1.59. The number of nitrogens with zero attached hydrogens (tertiary/aromatic N) is 2. The van der Waals surface area contributed by atoms with Crippen LogP contribution >= 0.6 is 0 Å². The second-order valence-electron chi connectivity index (χ2n) is 6.05. The van der Waals surface area contributed by atoms with Crippen LogP contribution in [0.4, 0.5) is 0 Å². The molecule has 0 aromatic carbocycles. The molecule has 2 aliphatic rings. The summed E-state index contributed by atoms with van der Waals surface area (Å²) in [6, 6.07) is 1.74. The average molecular weight is 293 g/mol. The van der Waals surface area contributed by atoms with Gasteiger partial charge in [0.2, 0.25) is 11.8 Å². The smallest absolute Gasteiger partial charge is 0.220 e. The van der Waals surface area contributed by atoms with Gasteiger partial charge in [-0.3, -0.25) is 0 Å². The van der Waals surface area contributed by atoms with Gasteiger partial charge in [-0.05, 0) is 39.8 Å². The number of piperidine rings is 1. The minimum atomic E-state index is 0.000208. The molecule has 2 saturated heterocycles. The molecule has 0 saturated carbocycles. The first kappa shape index (κ1) is 14.5. The van der Waals surface area contributed by atoms with E-state index >= 15 is 0 Å². The van der Waals surface area contributed by atoms with Crippen molar-refractivity contribution in [2.75, 3.05) is 19.7 Å². The van der Waals surface area contributed by atoms with Crippen LogP contribution in [-0.4, -0.2) is 47.5 Å². The number of hydrogen-bond acceptors (Lipinski definition) is 6. The third-order valence-electron chi connectivity index (χ3n) is 3.95. The summed E-state index contributed by atoms with van der Waals surface area (Å²) < 4.78 is 17.5. The molecular weight excluding hydrogens is 270 g/mol. The van der Waals surface area contributed by atoms with Crippen molar-refractivity contribution in [1.82, 2.24) is 15.3 Å². The number of nitrogens with one attached hydrogen (secondary N) is 1. The van der Waals surface area contributed by atoms with E-state index in [0.29, 0.717) is 18.4 Å². The second-order valence-corrected chi connectivity index (χ2v) is 6.05. The lowest BCUT2D eigenvalue weighted by atomic mass is 9.89. The zero-order valence-corrected chi connectivity index (χ0v) is 12.7. The molecule has 1 atom stereocenters. The second kappa shape index (κ2) is 6.15. The molecule has 1 unspecified atom stereocenters. The van der Waals surface area contributed by atoms with Crippen LogP contribution in [0.1, 0.15) is 33.1 Å². The van der Waals surface area contributed by atoms with Gasteiger partial charge in [0, 0.05) is 6.42 Å². The van der Waals surface area contributed by atoms with Crippen LogP contribution in [0.5, 0.6) is 11.8 Å². The zero-order chi connectivity index (χ0) is 14.7. The van der Waals surface area contributed by atoms with Crippen LogP contribution in [0.3, 0.4) is 0 Å². The topological polar surface area (TPSA) is 65.5 Å². The number of aromatic nitrogens is 2. The molecule has 3 heterocycles. The molecule has 6 heteroatoms. The van der Waals surface area contributed by atoms with Crippen LogP contribution in [-0.2, 0) is 4.74 Å². The molecule has 116 valence electrons. The van der Waals surface area contributed by atoms with E-state index < -0.39 is 0 Å².